The van der Waals surface area contributed by atoms with Crippen LogP contribution in [-0.4, -0.2) is 6.11 Å². The minimum atomic E-state index is -2.51. The fourth-order valence-corrected chi connectivity index (χ4v) is 6.58. The van der Waals surface area contributed by atoms with E-state index in [2.05, 4.69) is 43.0 Å². The quantitative estimate of drug-likeness (QED) is 0.462. The van der Waals surface area contributed by atoms with Gasteiger partial charge in [-0.2, -0.15) is 0 Å². The number of hydrogen-bond donors (Lipinski definition) is 0. The summed E-state index contributed by atoms with van der Waals surface area (Å²) in [6, 6.07) is 30.3. The first-order chi connectivity index (χ1) is 12.1. The molecule has 0 saturated carbocycles. The lowest BCUT2D eigenvalue weighted by Gasteiger charge is -2.27. The molecule has 0 amide bonds. The van der Waals surface area contributed by atoms with Gasteiger partial charge in [0, 0.05) is 0 Å². The molecular weight excluding hydrogens is 295 g/mol. The van der Waals surface area contributed by atoms with E-state index in [0.29, 0.717) is 6.42 Å². The Bertz CT molecular complexity index is 718. The largest absolute Gasteiger partial charge is 0.112 e. The average Bonchev–Trinajstić information content (AvgIpc) is 2.65. The van der Waals surface area contributed by atoms with Gasteiger partial charge in [-0.3, -0.25) is 0 Å². The normalized spacial score (nSPS) is 13.0. The van der Waals surface area contributed by atoms with Gasteiger partial charge in [-0.05, 0) is 42.8 Å². The second-order valence-electron chi connectivity index (χ2n) is 5.33. The van der Waals surface area contributed by atoms with Crippen molar-refractivity contribution in [3.05, 3.63) is 104 Å². The summed E-state index contributed by atoms with van der Waals surface area (Å²) >= 11 is 0. The van der Waals surface area contributed by atoms with Crippen molar-refractivity contribution in [1.82, 2.24) is 0 Å². The highest BCUT2D eigenvalue weighted by Crippen LogP contribution is 2.55. The third-order valence-electron chi connectivity index (χ3n) is 3.90. The first-order valence-electron chi connectivity index (χ1n) is 8.80. The molecule has 0 aliphatic heterocycles. The molecule has 0 nitrogen and oxygen atoms in total. The molecule has 0 atom stereocenters. The Balaban J connectivity index is 2.42. The molecule has 3 aromatic carbocycles. The summed E-state index contributed by atoms with van der Waals surface area (Å²) in [7, 11) is -2.51. The summed E-state index contributed by atoms with van der Waals surface area (Å²) in [4.78, 5) is 0. The molecule has 0 fully saturated rings. The summed E-state index contributed by atoms with van der Waals surface area (Å²) in [6.07, 6.45) is 0.571. The van der Waals surface area contributed by atoms with Crippen molar-refractivity contribution in [3.63, 3.8) is 0 Å². The van der Waals surface area contributed by atoms with Gasteiger partial charge in [0.15, 0.2) is 0 Å². The van der Waals surface area contributed by atoms with Gasteiger partial charge < -0.3 is 0 Å². The van der Waals surface area contributed by atoms with Crippen LogP contribution in [0, 0.1) is 0 Å². The van der Waals surface area contributed by atoms with Gasteiger partial charge >= 0.3 is 0 Å². The van der Waals surface area contributed by atoms with E-state index in [0.717, 1.165) is 15.9 Å². The van der Waals surface area contributed by atoms with Crippen molar-refractivity contribution in [2.75, 3.05) is 6.11 Å². The van der Waals surface area contributed by atoms with E-state index in [9.17, 15) is 0 Å². The Hall–Kier alpha value is -2.17. The Morgan fingerprint density at radius 1 is 0.696 bits per heavy atom. The third-order valence-corrected chi connectivity index (χ3v) is 7.78. The minimum Gasteiger partial charge on any atom is -0.103 e. The smallest absolute Gasteiger partial charge is 0.103 e. The predicted octanol–water partition coefficient (Wildman–Crippen LogP) is 4.56. The van der Waals surface area contributed by atoms with Crippen LogP contribution < -0.4 is 15.9 Å². The molecule has 0 saturated heterocycles. The number of hydrogen-bond acceptors (Lipinski definition) is 0. The zero-order valence-corrected chi connectivity index (χ0v) is 14.0. The van der Waals surface area contributed by atoms with E-state index in [4.69, 9.17) is 2.74 Å². The minimum absolute atomic E-state index is 0.305. The molecule has 0 bridgehead atoms. The van der Waals surface area contributed by atoms with Crippen LogP contribution >= 0.6 is 7.26 Å². The molecule has 114 valence electrons. The Morgan fingerprint density at radius 2 is 1.04 bits per heavy atom. The number of allylic oxidation sites excluding steroid dienone is 1. The van der Waals surface area contributed by atoms with Crippen LogP contribution in [0.5, 0.6) is 0 Å². The van der Waals surface area contributed by atoms with Gasteiger partial charge in [-0.15, -0.1) is 6.58 Å². The van der Waals surface area contributed by atoms with Crippen molar-refractivity contribution < 1.29 is 2.74 Å². The summed E-state index contributed by atoms with van der Waals surface area (Å²) < 4.78 is 18.2. The van der Waals surface area contributed by atoms with Crippen LogP contribution in [0.4, 0.5) is 0 Å². The molecule has 1 heteroatoms. The Morgan fingerprint density at radius 3 is 1.35 bits per heavy atom. The molecule has 3 rings (SSSR count). The van der Waals surface area contributed by atoms with Crippen LogP contribution in [0.2, 0.25) is 0 Å². The standard InChI is InChI=1S/C22H22P/c1-2-3-19-23(20-13-7-4-8-14-20,21-15-9-5-10-16-21)22-17-11-6-12-18-22/h2,4-18H,1,3,19H2/q+1/i19D2. The molecule has 0 aliphatic rings. The molecule has 0 N–H and O–H groups in total. The van der Waals surface area contributed by atoms with E-state index in [1.54, 1.807) is 6.08 Å². The van der Waals surface area contributed by atoms with Crippen molar-refractivity contribution >= 4 is 23.2 Å². The summed E-state index contributed by atoms with van der Waals surface area (Å²) in [5, 5.41) is 3.16. The second-order valence-corrected chi connectivity index (χ2v) is 8.54. The maximum absolute atomic E-state index is 9.09. The average molecular weight is 319 g/mol. The molecule has 0 heterocycles. The van der Waals surface area contributed by atoms with Gasteiger partial charge in [0.1, 0.15) is 23.2 Å². The molecule has 0 aliphatic carbocycles. The third kappa shape index (κ3) is 3.14. The maximum Gasteiger partial charge on any atom is 0.112 e. The summed E-state index contributed by atoms with van der Waals surface area (Å²) in [6.45, 7) is 3.82. The Kier molecular flexibility index (Phi) is 4.27. The zero-order valence-electron chi connectivity index (χ0n) is 15.1. The molecule has 23 heavy (non-hydrogen) atoms. The topological polar surface area (TPSA) is 0 Å². The van der Waals surface area contributed by atoms with Crippen molar-refractivity contribution in [1.29, 1.82) is 0 Å². The highest BCUT2D eigenvalue weighted by molar-refractivity contribution is 7.95. The molecule has 0 aromatic heterocycles. The van der Waals surface area contributed by atoms with Crippen molar-refractivity contribution in [2.45, 2.75) is 6.42 Å². The van der Waals surface area contributed by atoms with Crippen LogP contribution in [0.1, 0.15) is 9.16 Å². The first kappa shape index (κ1) is 13.3. The fraction of sp³-hybridized carbons (Fsp3) is 0.0909. The van der Waals surface area contributed by atoms with E-state index in [1.165, 1.54) is 0 Å². The van der Waals surface area contributed by atoms with Crippen LogP contribution in [0.25, 0.3) is 0 Å². The van der Waals surface area contributed by atoms with Crippen LogP contribution in [0.15, 0.2) is 104 Å². The molecule has 0 spiro atoms. The van der Waals surface area contributed by atoms with E-state index in [-0.39, 0.29) is 0 Å². The SMILES string of the molecule is [2H]C([2H])(CC=C)[P+](c1ccccc1)(c1ccccc1)c1ccccc1. The molecule has 0 unspecified atom stereocenters. The number of benzene rings is 3. The van der Waals surface area contributed by atoms with Gasteiger partial charge in [0.2, 0.25) is 0 Å². The van der Waals surface area contributed by atoms with Gasteiger partial charge in [-0.25, -0.2) is 0 Å². The highest BCUT2D eigenvalue weighted by atomic mass is 31.2. The highest BCUT2D eigenvalue weighted by Gasteiger charge is 2.44. The van der Waals surface area contributed by atoms with Gasteiger partial charge in [0.25, 0.3) is 0 Å². The molecule has 3 aromatic rings. The van der Waals surface area contributed by atoms with Crippen LogP contribution in [-0.2, 0) is 0 Å². The van der Waals surface area contributed by atoms with E-state index >= 15 is 0 Å². The van der Waals surface area contributed by atoms with E-state index < -0.39 is 13.4 Å². The zero-order chi connectivity index (χ0) is 17.8. The fourth-order valence-electron chi connectivity index (χ4n) is 2.88. The lowest BCUT2D eigenvalue weighted by Crippen LogP contribution is -2.33. The van der Waals surface area contributed by atoms with Crippen molar-refractivity contribution in [2.24, 2.45) is 0 Å². The molecule has 0 radical (unpaired) electrons. The lowest BCUT2D eigenvalue weighted by atomic mass is 10.3. The number of rotatable bonds is 6. The summed E-state index contributed by atoms with van der Waals surface area (Å²) in [5.41, 5.74) is 0. The maximum atomic E-state index is 9.09. The van der Waals surface area contributed by atoms with Gasteiger partial charge in [-0.1, -0.05) is 60.7 Å². The monoisotopic (exact) mass is 319 g/mol. The summed E-state index contributed by atoms with van der Waals surface area (Å²) in [5.74, 6) is 0. The van der Waals surface area contributed by atoms with Crippen molar-refractivity contribution in [3.8, 4) is 0 Å². The second kappa shape index (κ2) is 7.40. The molecular formula is C22H22P+. The van der Waals surface area contributed by atoms with Gasteiger partial charge in [0.05, 0.1) is 8.86 Å². The predicted molar refractivity (Wildman–Crippen MR) is 105 cm³/mol. The van der Waals surface area contributed by atoms with E-state index in [1.807, 2.05) is 54.6 Å². The first-order valence-corrected chi connectivity index (χ1v) is 9.59. The lowest BCUT2D eigenvalue weighted by molar-refractivity contribution is 1.24. The Labute approximate surface area is 142 Å². The van der Waals surface area contributed by atoms with Crippen LogP contribution in [0.3, 0.4) is 0 Å².